The van der Waals surface area contributed by atoms with Crippen LogP contribution in [0.25, 0.3) is 11.0 Å². The van der Waals surface area contributed by atoms with Gasteiger partial charge in [-0.05, 0) is 31.0 Å². The first-order valence-corrected chi connectivity index (χ1v) is 13.0. The number of nitrogens with zero attached hydrogens (tertiary/aromatic N) is 7. The van der Waals surface area contributed by atoms with Gasteiger partial charge in [0.1, 0.15) is 29.4 Å². The van der Waals surface area contributed by atoms with Gasteiger partial charge in [0.15, 0.2) is 0 Å². The summed E-state index contributed by atoms with van der Waals surface area (Å²) in [6.45, 7) is 3.46. The van der Waals surface area contributed by atoms with Crippen molar-refractivity contribution in [1.82, 2.24) is 29.7 Å². The Labute approximate surface area is 224 Å². The highest BCUT2D eigenvalue weighted by molar-refractivity contribution is 6.31. The number of nitrogens with one attached hydrogen (secondary N) is 1. The lowest BCUT2D eigenvalue weighted by Crippen LogP contribution is -2.63. The minimum absolute atomic E-state index is 0.133. The third kappa shape index (κ3) is 4.41. The van der Waals surface area contributed by atoms with Gasteiger partial charge in [-0.15, -0.1) is 0 Å². The average molecular weight is 537 g/mol. The number of hydrogen-bond acceptors (Lipinski definition) is 7. The van der Waals surface area contributed by atoms with Crippen LogP contribution in [0, 0.1) is 23.0 Å². The van der Waals surface area contributed by atoms with Gasteiger partial charge in [-0.3, -0.25) is 9.80 Å². The zero-order valence-corrected chi connectivity index (χ0v) is 21.5. The first-order chi connectivity index (χ1) is 18.5. The highest BCUT2D eigenvalue weighted by Crippen LogP contribution is 2.45. The summed E-state index contributed by atoms with van der Waals surface area (Å²) in [4.78, 5) is 20.5. The molecule has 0 radical (unpaired) electrons. The lowest BCUT2D eigenvalue weighted by Gasteiger charge is -2.56. The number of nitriles is 1. The second-order valence-corrected chi connectivity index (χ2v) is 10.5. The summed E-state index contributed by atoms with van der Waals surface area (Å²) in [6, 6.07) is 6.91. The third-order valence-corrected chi connectivity index (χ3v) is 8.39. The minimum Gasteiger partial charge on any atom is -0.346 e. The molecule has 6 rings (SSSR count). The van der Waals surface area contributed by atoms with E-state index in [1.807, 2.05) is 42.0 Å². The Morgan fingerprint density at radius 2 is 1.76 bits per heavy atom. The van der Waals surface area contributed by atoms with Gasteiger partial charge in [-0.1, -0.05) is 11.6 Å². The fourth-order valence-corrected chi connectivity index (χ4v) is 6.02. The van der Waals surface area contributed by atoms with Crippen molar-refractivity contribution in [2.24, 2.45) is 0 Å². The largest absolute Gasteiger partial charge is 0.346 e. The van der Waals surface area contributed by atoms with Crippen LogP contribution in [0.1, 0.15) is 24.8 Å². The van der Waals surface area contributed by atoms with Crippen LogP contribution in [0.15, 0.2) is 55.5 Å². The molecular formula is C27H27ClF2N8. The molecule has 0 bridgehead atoms. The number of halogens is 3. The molecule has 4 heterocycles. The van der Waals surface area contributed by atoms with E-state index in [1.54, 1.807) is 6.33 Å². The van der Waals surface area contributed by atoms with E-state index < -0.39 is 11.6 Å². The molecule has 2 fully saturated rings. The Kier molecular flexibility index (Phi) is 6.51. The monoisotopic (exact) mass is 536 g/mol. The Bertz CT molecular complexity index is 1420. The van der Waals surface area contributed by atoms with E-state index in [4.69, 9.17) is 11.6 Å². The van der Waals surface area contributed by atoms with Gasteiger partial charge in [0, 0.05) is 75.3 Å². The van der Waals surface area contributed by atoms with Crippen LogP contribution in [-0.4, -0.2) is 67.4 Å². The zero-order chi connectivity index (χ0) is 26.3. The molecule has 0 unspecified atom stereocenters. The Balaban J connectivity index is 1.07. The highest BCUT2D eigenvalue weighted by atomic mass is 35.5. The van der Waals surface area contributed by atoms with Crippen molar-refractivity contribution in [3.63, 3.8) is 0 Å². The van der Waals surface area contributed by atoms with E-state index >= 15 is 0 Å². The summed E-state index contributed by atoms with van der Waals surface area (Å²) in [5.74, 6) is -0.275. The number of rotatable bonds is 6. The van der Waals surface area contributed by atoms with Crippen LogP contribution in [0.5, 0.6) is 0 Å². The summed E-state index contributed by atoms with van der Waals surface area (Å²) in [6.07, 6.45) is 13.6. The number of anilines is 1. The normalized spacial score (nSPS) is 24.1. The molecule has 3 aromatic rings. The second kappa shape index (κ2) is 9.98. The molecular weight excluding hydrogens is 510 g/mol. The topological polar surface area (TPSA) is 78.3 Å². The highest BCUT2D eigenvalue weighted by Gasteiger charge is 2.50. The molecule has 8 nitrogen and oxygen atoms in total. The van der Waals surface area contributed by atoms with E-state index in [0.29, 0.717) is 19.0 Å². The number of benzene rings is 1. The van der Waals surface area contributed by atoms with Gasteiger partial charge in [0.2, 0.25) is 0 Å². The first-order valence-electron chi connectivity index (χ1n) is 12.6. The van der Waals surface area contributed by atoms with Crippen molar-refractivity contribution in [3.05, 3.63) is 77.7 Å². The molecule has 196 valence electrons. The van der Waals surface area contributed by atoms with Crippen LogP contribution >= 0.6 is 11.6 Å². The van der Waals surface area contributed by atoms with Crippen molar-refractivity contribution >= 4 is 28.5 Å². The van der Waals surface area contributed by atoms with E-state index in [9.17, 15) is 14.0 Å². The summed E-state index contributed by atoms with van der Waals surface area (Å²) in [7, 11) is 0. The molecule has 0 amide bonds. The molecule has 1 aromatic carbocycles. The van der Waals surface area contributed by atoms with Gasteiger partial charge in [0.25, 0.3) is 0 Å². The van der Waals surface area contributed by atoms with Crippen molar-refractivity contribution in [3.8, 4) is 6.07 Å². The molecule has 0 atom stereocenters. The van der Waals surface area contributed by atoms with E-state index in [0.717, 1.165) is 68.0 Å². The summed E-state index contributed by atoms with van der Waals surface area (Å²) in [5.41, 5.74) is 0.753. The zero-order valence-electron chi connectivity index (χ0n) is 20.7. The molecule has 0 spiro atoms. The molecule has 3 aliphatic rings. The second-order valence-electron chi connectivity index (χ2n) is 10.1. The van der Waals surface area contributed by atoms with Gasteiger partial charge in [-0.25, -0.2) is 18.7 Å². The Hall–Kier alpha value is -3.52. The van der Waals surface area contributed by atoms with Crippen LogP contribution in [0.3, 0.4) is 0 Å². The SMILES string of the molecule is N#CC[C@]1(N2C=CN(c3ncnc4[nH]ccc34)C=C2)C[C@H](N2CCN(Cc3c(F)ccc(F)c3Cl)CC2)C1. The maximum atomic E-state index is 14.2. The third-order valence-electron chi connectivity index (χ3n) is 7.98. The minimum atomic E-state index is -0.594. The molecule has 1 aliphatic carbocycles. The number of aromatic amines is 1. The fraction of sp³-hybridized carbons (Fsp3) is 0.370. The summed E-state index contributed by atoms with van der Waals surface area (Å²) >= 11 is 6.02. The summed E-state index contributed by atoms with van der Waals surface area (Å²) in [5, 5.41) is 10.4. The molecule has 2 aromatic heterocycles. The Morgan fingerprint density at radius 1 is 1.03 bits per heavy atom. The van der Waals surface area contributed by atoms with Crippen LogP contribution in [0.4, 0.5) is 14.6 Å². The van der Waals surface area contributed by atoms with Gasteiger partial charge in [-0.2, -0.15) is 5.26 Å². The number of piperazine rings is 1. The van der Waals surface area contributed by atoms with Gasteiger partial charge in [0.05, 0.1) is 28.4 Å². The number of hydrogen-bond donors (Lipinski definition) is 1. The van der Waals surface area contributed by atoms with Crippen molar-refractivity contribution in [2.45, 2.75) is 37.4 Å². The quantitative estimate of drug-likeness (QED) is 0.462. The lowest BCUT2D eigenvalue weighted by atomic mass is 9.68. The molecule has 11 heteroatoms. The van der Waals surface area contributed by atoms with Gasteiger partial charge >= 0.3 is 0 Å². The van der Waals surface area contributed by atoms with Crippen LogP contribution in [0.2, 0.25) is 5.02 Å². The van der Waals surface area contributed by atoms with Gasteiger partial charge < -0.3 is 14.8 Å². The molecule has 38 heavy (non-hydrogen) atoms. The molecule has 1 saturated heterocycles. The number of aromatic nitrogens is 3. The smallest absolute Gasteiger partial charge is 0.149 e. The van der Waals surface area contributed by atoms with E-state index in [1.165, 1.54) is 0 Å². The van der Waals surface area contributed by atoms with Crippen molar-refractivity contribution < 1.29 is 8.78 Å². The average Bonchev–Trinajstić information content (AvgIpc) is 3.41. The van der Waals surface area contributed by atoms with Crippen molar-refractivity contribution in [2.75, 3.05) is 31.1 Å². The molecule has 1 saturated carbocycles. The number of fused-ring (bicyclic) bond motifs is 1. The fourth-order valence-electron chi connectivity index (χ4n) is 5.80. The van der Waals surface area contributed by atoms with Crippen molar-refractivity contribution in [1.29, 1.82) is 5.26 Å². The number of H-pyrrole nitrogens is 1. The standard InChI is InChI=1S/C27H27ClF2N8/c28-24-21(22(29)1-2-23(24)30)17-35-7-9-36(10-8-35)19-15-27(16-19,4-5-31)38-13-11-37(12-14-38)26-20-3-6-32-25(20)33-18-34-26/h1-3,6,11-14,18-19H,4,7-10,15-17H2,(H,32,33,34)/t19-,27-. The molecule has 1 N–H and O–H groups in total. The van der Waals surface area contributed by atoms with E-state index in [-0.39, 0.29) is 16.1 Å². The van der Waals surface area contributed by atoms with E-state index in [2.05, 4.69) is 35.7 Å². The van der Waals surface area contributed by atoms with Crippen LogP contribution in [-0.2, 0) is 6.54 Å². The maximum absolute atomic E-state index is 14.2. The predicted molar refractivity (Wildman–Crippen MR) is 141 cm³/mol. The van der Waals surface area contributed by atoms with Crippen LogP contribution < -0.4 is 4.90 Å². The lowest BCUT2D eigenvalue weighted by molar-refractivity contribution is -0.0262. The first kappa shape index (κ1) is 24.8. The Morgan fingerprint density at radius 3 is 2.50 bits per heavy atom. The predicted octanol–water partition coefficient (Wildman–Crippen LogP) is 4.59. The maximum Gasteiger partial charge on any atom is 0.149 e. The molecule has 2 aliphatic heterocycles. The summed E-state index contributed by atoms with van der Waals surface area (Å²) < 4.78 is 28.0.